The van der Waals surface area contributed by atoms with Crippen LogP contribution in [0.1, 0.15) is 52.5 Å². The van der Waals surface area contributed by atoms with Crippen molar-refractivity contribution in [2.24, 2.45) is 0 Å². The molecule has 1 aromatic carbocycles. The molecule has 3 rings (SSSR count). The Hall–Kier alpha value is -1.27. The van der Waals surface area contributed by atoms with Crippen molar-refractivity contribution < 1.29 is 4.79 Å². The molecule has 1 fully saturated rings. The maximum absolute atomic E-state index is 12.3. The van der Waals surface area contributed by atoms with Crippen molar-refractivity contribution in [1.29, 1.82) is 0 Å². The van der Waals surface area contributed by atoms with Gasteiger partial charge in [0.25, 0.3) is 0 Å². The largest absolute Gasteiger partial charge is 0.335 e. The number of carbonyl (C=O) groups is 1. The molecule has 1 aliphatic heterocycles. The van der Waals surface area contributed by atoms with Gasteiger partial charge in [-0.1, -0.05) is 41.4 Å². The Morgan fingerprint density at radius 1 is 1.17 bits per heavy atom. The first-order chi connectivity index (χ1) is 14.1. The fraction of sp³-hybridized carbons (Fsp3) is 0.609. The Labute approximate surface area is 190 Å². The highest BCUT2D eigenvalue weighted by molar-refractivity contribution is 6.42. The van der Waals surface area contributed by atoms with E-state index in [1.807, 2.05) is 32.9 Å². The zero-order valence-corrected chi connectivity index (χ0v) is 20.0. The fourth-order valence-electron chi connectivity index (χ4n) is 4.51. The molecular formula is C23H34Cl2N4O. The Kier molecular flexibility index (Phi) is 7.39. The fourth-order valence-corrected chi connectivity index (χ4v) is 4.99. The zero-order valence-electron chi connectivity index (χ0n) is 18.4. The number of amides is 2. The number of halogens is 2. The number of urea groups is 1. The standard InChI is InChI=1S/C23H34Cl2N4O/c1-22(2,3)28-21(30)27-17-10-8-16(9-11-17)23(4,29-14-12-26-13-15-29)18-6-5-7-19(24)20(18)25/h5-8,17,26H,9-15H2,1-4H3,(H2,27,28,30). The van der Waals surface area contributed by atoms with Crippen molar-refractivity contribution in [3.8, 4) is 0 Å². The summed E-state index contributed by atoms with van der Waals surface area (Å²) in [4.78, 5) is 14.8. The van der Waals surface area contributed by atoms with Crippen molar-refractivity contribution in [2.45, 2.75) is 64.1 Å². The summed E-state index contributed by atoms with van der Waals surface area (Å²) in [7, 11) is 0. The van der Waals surface area contributed by atoms with E-state index in [0.717, 1.165) is 51.0 Å². The van der Waals surface area contributed by atoms with Gasteiger partial charge >= 0.3 is 6.03 Å². The monoisotopic (exact) mass is 452 g/mol. The van der Waals surface area contributed by atoms with Crippen LogP contribution in [0, 0.1) is 0 Å². The highest BCUT2D eigenvalue weighted by atomic mass is 35.5. The molecule has 0 bridgehead atoms. The van der Waals surface area contributed by atoms with E-state index in [1.54, 1.807) is 0 Å². The summed E-state index contributed by atoms with van der Waals surface area (Å²) in [5.41, 5.74) is 1.84. The summed E-state index contributed by atoms with van der Waals surface area (Å²) in [5, 5.41) is 10.8. The lowest BCUT2D eigenvalue weighted by Gasteiger charge is -2.47. The van der Waals surface area contributed by atoms with Crippen molar-refractivity contribution in [3.63, 3.8) is 0 Å². The maximum atomic E-state index is 12.3. The second-order valence-electron chi connectivity index (χ2n) is 9.46. The van der Waals surface area contributed by atoms with E-state index in [-0.39, 0.29) is 23.2 Å². The first kappa shape index (κ1) is 23.4. The molecule has 0 spiro atoms. The van der Waals surface area contributed by atoms with Crippen molar-refractivity contribution in [3.05, 3.63) is 45.5 Å². The summed E-state index contributed by atoms with van der Waals surface area (Å²) in [6, 6.07) is 5.95. The lowest BCUT2D eigenvalue weighted by Crippen LogP contribution is -2.55. The molecule has 7 heteroatoms. The van der Waals surface area contributed by atoms with Gasteiger partial charge in [-0.05, 0) is 64.2 Å². The quantitative estimate of drug-likeness (QED) is 0.580. The minimum absolute atomic E-state index is 0.105. The predicted octanol–water partition coefficient (Wildman–Crippen LogP) is 4.69. The Morgan fingerprint density at radius 2 is 1.87 bits per heavy atom. The molecule has 1 aliphatic carbocycles. The molecule has 0 saturated carbocycles. The van der Waals surface area contributed by atoms with Gasteiger partial charge in [0.05, 0.1) is 15.6 Å². The average molecular weight is 453 g/mol. The molecular weight excluding hydrogens is 419 g/mol. The van der Waals surface area contributed by atoms with Gasteiger partial charge in [-0.2, -0.15) is 0 Å². The molecule has 3 N–H and O–H groups in total. The molecule has 2 atom stereocenters. The van der Waals surface area contributed by atoms with E-state index in [1.165, 1.54) is 5.57 Å². The molecule has 0 radical (unpaired) electrons. The van der Waals surface area contributed by atoms with Gasteiger partial charge in [0.2, 0.25) is 0 Å². The zero-order chi connectivity index (χ0) is 21.9. The predicted molar refractivity (Wildman–Crippen MR) is 125 cm³/mol. The van der Waals surface area contributed by atoms with Gasteiger partial charge < -0.3 is 16.0 Å². The molecule has 2 aliphatic rings. The minimum atomic E-state index is -0.317. The molecule has 2 amide bonds. The lowest BCUT2D eigenvalue weighted by atomic mass is 9.76. The van der Waals surface area contributed by atoms with Crippen LogP contribution in [0.4, 0.5) is 4.79 Å². The van der Waals surface area contributed by atoms with Crippen LogP contribution in [-0.4, -0.2) is 48.7 Å². The lowest BCUT2D eigenvalue weighted by molar-refractivity contribution is 0.111. The van der Waals surface area contributed by atoms with Crippen molar-refractivity contribution in [2.75, 3.05) is 26.2 Å². The number of rotatable bonds is 4. The van der Waals surface area contributed by atoms with Gasteiger partial charge in [-0.15, -0.1) is 0 Å². The average Bonchev–Trinajstić information content (AvgIpc) is 2.69. The number of nitrogens with one attached hydrogen (secondary N) is 3. The number of hydrogen-bond acceptors (Lipinski definition) is 3. The summed E-state index contributed by atoms with van der Waals surface area (Å²) in [5.74, 6) is 0. The number of nitrogens with zero attached hydrogens (tertiary/aromatic N) is 1. The Bertz CT molecular complexity index is 799. The first-order valence-electron chi connectivity index (χ1n) is 10.8. The molecule has 1 heterocycles. The van der Waals surface area contributed by atoms with Crippen molar-refractivity contribution >= 4 is 29.2 Å². The SMILES string of the molecule is CC(C)(C)NC(=O)NC1CC=C(C(C)(c2cccc(Cl)c2Cl)N2CCNCC2)CC1. The Morgan fingerprint density at radius 3 is 2.47 bits per heavy atom. The molecule has 166 valence electrons. The van der Waals surface area contributed by atoms with Crippen molar-refractivity contribution in [1.82, 2.24) is 20.9 Å². The highest BCUT2D eigenvalue weighted by Crippen LogP contribution is 2.44. The van der Waals surface area contributed by atoms with Gasteiger partial charge in [0.15, 0.2) is 0 Å². The van der Waals surface area contributed by atoms with Crippen LogP contribution in [0.25, 0.3) is 0 Å². The highest BCUT2D eigenvalue weighted by Gasteiger charge is 2.40. The van der Waals surface area contributed by atoms with Gasteiger partial charge in [-0.25, -0.2) is 4.79 Å². The molecule has 0 aromatic heterocycles. The van der Waals surface area contributed by atoms with E-state index in [4.69, 9.17) is 23.2 Å². The molecule has 5 nitrogen and oxygen atoms in total. The van der Waals surface area contributed by atoms with E-state index < -0.39 is 0 Å². The van der Waals surface area contributed by atoms with Crippen LogP contribution in [0.5, 0.6) is 0 Å². The summed E-state index contributed by atoms with van der Waals surface area (Å²) in [6.07, 6.45) is 4.92. The number of benzene rings is 1. The van der Waals surface area contributed by atoms with Crippen LogP contribution in [-0.2, 0) is 5.54 Å². The third kappa shape index (κ3) is 5.31. The summed E-state index contributed by atoms with van der Waals surface area (Å²) >= 11 is 13.1. The third-order valence-corrected chi connectivity index (χ3v) is 6.90. The second-order valence-corrected chi connectivity index (χ2v) is 10.2. The third-order valence-electron chi connectivity index (χ3n) is 6.09. The van der Waals surface area contributed by atoms with Crippen LogP contribution in [0.3, 0.4) is 0 Å². The molecule has 1 aromatic rings. The normalized spacial score (nSPS) is 22.7. The topological polar surface area (TPSA) is 56.4 Å². The van der Waals surface area contributed by atoms with Crippen LogP contribution >= 0.6 is 23.2 Å². The van der Waals surface area contributed by atoms with Crippen LogP contribution in [0.15, 0.2) is 29.8 Å². The van der Waals surface area contributed by atoms with E-state index >= 15 is 0 Å². The number of hydrogen-bond donors (Lipinski definition) is 3. The van der Waals surface area contributed by atoms with Gasteiger partial charge in [-0.3, -0.25) is 4.90 Å². The Balaban J connectivity index is 1.84. The summed E-state index contributed by atoms with van der Waals surface area (Å²) in [6.45, 7) is 12.0. The number of piperazine rings is 1. The van der Waals surface area contributed by atoms with Crippen LogP contribution in [0.2, 0.25) is 10.0 Å². The van der Waals surface area contributed by atoms with E-state index in [0.29, 0.717) is 10.0 Å². The van der Waals surface area contributed by atoms with Gasteiger partial charge in [0.1, 0.15) is 0 Å². The second kappa shape index (κ2) is 9.47. The van der Waals surface area contributed by atoms with Crippen LogP contribution < -0.4 is 16.0 Å². The van der Waals surface area contributed by atoms with Gasteiger partial charge in [0, 0.05) is 37.8 Å². The maximum Gasteiger partial charge on any atom is 0.315 e. The van der Waals surface area contributed by atoms with E-state index in [2.05, 4.69) is 39.9 Å². The summed E-state index contributed by atoms with van der Waals surface area (Å²) < 4.78 is 0. The van der Waals surface area contributed by atoms with E-state index in [9.17, 15) is 4.79 Å². The molecule has 30 heavy (non-hydrogen) atoms. The molecule has 2 unspecified atom stereocenters. The number of carbonyl (C=O) groups excluding carboxylic acids is 1. The first-order valence-corrected chi connectivity index (χ1v) is 11.6. The smallest absolute Gasteiger partial charge is 0.315 e. The molecule has 1 saturated heterocycles. The minimum Gasteiger partial charge on any atom is -0.335 e.